The van der Waals surface area contributed by atoms with Gasteiger partial charge in [-0.25, -0.2) is 0 Å². The van der Waals surface area contributed by atoms with E-state index in [2.05, 4.69) is 36.0 Å². The molecule has 2 rings (SSSR count). The zero-order valence-corrected chi connectivity index (χ0v) is 9.93. The quantitative estimate of drug-likeness (QED) is 0.774. The molecule has 1 aromatic rings. The highest BCUT2D eigenvalue weighted by Crippen LogP contribution is 2.35. The number of hydrogen-bond acceptors (Lipinski definition) is 2. The minimum absolute atomic E-state index is 0.821. The van der Waals surface area contributed by atoms with Gasteiger partial charge in [-0.1, -0.05) is 24.3 Å². The van der Waals surface area contributed by atoms with E-state index >= 15 is 0 Å². The van der Waals surface area contributed by atoms with Gasteiger partial charge < -0.3 is 5.73 Å². The van der Waals surface area contributed by atoms with Crippen molar-refractivity contribution in [3.8, 4) is 0 Å². The number of unbranched alkanes of at least 4 members (excludes halogenated alkanes) is 1. The molecule has 2 N–H and O–H groups in total. The molecule has 15 heavy (non-hydrogen) atoms. The molecule has 0 bridgehead atoms. The summed E-state index contributed by atoms with van der Waals surface area (Å²) in [6.45, 7) is 0.821. The first kappa shape index (κ1) is 11.0. The van der Waals surface area contributed by atoms with Crippen LogP contribution in [0.15, 0.2) is 24.3 Å². The fraction of sp³-hybridized carbons (Fsp3) is 0.538. The van der Waals surface area contributed by atoms with Gasteiger partial charge in [-0.3, -0.25) is 0 Å². The van der Waals surface area contributed by atoms with Gasteiger partial charge in [0.15, 0.2) is 0 Å². The largest absolute Gasteiger partial charge is 0.330 e. The Bertz CT molecular complexity index is 307. The zero-order valence-electron chi connectivity index (χ0n) is 9.11. The molecule has 0 radical (unpaired) electrons. The molecular formula is C13H19NS. The Kier molecular flexibility index (Phi) is 4.09. The summed E-state index contributed by atoms with van der Waals surface area (Å²) in [6, 6.07) is 8.93. The predicted molar refractivity (Wildman–Crippen MR) is 68.5 cm³/mol. The SMILES string of the molecule is NCCCCc1ccccc1C1CSC1. The van der Waals surface area contributed by atoms with Crippen molar-refractivity contribution < 1.29 is 0 Å². The van der Waals surface area contributed by atoms with Crippen LogP contribution in [0, 0.1) is 0 Å². The molecule has 1 fully saturated rings. The fourth-order valence-corrected chi connectivity index (χ4v) is 2.87. The number of rotatable bonds is 5. The van der Waals surface area contributed by atoms with Crippen molar-refractivity contribution in [1.29, 1.82) is 0 Å². The van der Waals surface area contributed by atoms with E-state index in [0.717, 1.165) is 18.9 Å². The second kappa shape index (κ2) is 5.57. The van der Waals surface area contributed by atoms with Gasteiger partial charge in [0.2, 0.25) is 0 Å². The van der Waals surface area contributed by atoms with E-state index in [1.165, 1.54) is 24.3 Å². The van der Waals surface area contributed by atoms with Crippen molar-refractivity contribution in [3.63, 3.8) is 0 Å². The standard InChI is InChI=1S/C13H19NS/c14-8-4-3-6-11-5-1-2-7-13(11)12-9-15-10-12/h1-2,5,7,12H,3-4,6,8-10,14H2. The average Bonchev–Trinajstić information content (AvgIpc) is 2.18. The predicted octanol–water partition coefficient (Wildman–Crippen LogP) is 2.80. The molecule has 1 saturated heterocycles. The molecular weight excluding hydrogens is 202 g/mol. The third kappa shape index (κ3) is 2.76. The van der Waals surface area contributed by atoms with Crippen molar-refractivity contribution >= 4 is 11.8 Å². The molecule has 0 unspecified atom stereocenters. The first-order valence-corrected chi connectivity index (χ1v) is 6.93. The minimum atomic E-state index is 0.821. The molecule has 0 aromatic heterocycles. The van der Waals surface area contributed by atoms with E-state index in [1.807, 2.05) is 0 Å². The third-order valence-electron chi connectivity index (χ3n) is 3.03. The van der Waals surface area contributed by atoms with E-state index in [-0.39, 0.29) is 0 Å². The summed E-state index contributed by atoms with van der Waals surface area (Å²) in [4.78, 5) is 0. The van der Waals surface area contributed by atoms with Crippen molar-refractivity contribution in [1.82, 2.24) is 0 Å². The molecule has 1 aromatic carbocycles. The van der Waals surface area contributed by atoms with Crippen LogP contribution in [0.4, 0.5) is 0 Å². The molecule has 2 heteroatoms. The van der Waals surface area contributed by atoms with Gasteiger partial charge in [-0.05, 0) is 36.9 Å². The molecule has 82 valence electrons. The highest BCUT2D eigenvalue weighted by atomic mass is 32.2. The normalized spacial score (nSPS) is 16.3. The average molecular weight is 221 g/mol. The monoisotopic (exact) mass is 221 g/mol. The molecule has 0 amide bonds. The van der Waals surface area contributed by atoms with Gasteiger partial charge in [-0.15, -0.1) is 0 Å². The molecule has 0 spiro atoms. The van der Waals surface area contributed by atoms with Crippen LogP contribution in [0.3, 0.4) is 0 Å². The van der Waals surface area contributed by atoms with Crippen molar-refractivity contribution in [2.45, 2.75) is 25.2 Å². The summed E-state index contributed by atoms with van der Waals surface area (Å²) in [5.41, 5.74) is 8.67. The molecule has 1 aliphatic heterocycles. The molecule has 1 heterocycles. The lowest BCUT2D eigenvalue weighted by atomic mass is 9.93. The summed E-state index contributed by atoms with van der Waals surface area (Å²) in [6.07, 6.45) is 3.58. The Hall–Kier alpha value is -0.470. The van der Waals surface area contributed by atoms with E-state index in [0.29, 0.717) is 0 Å². The Labute approximate surface area is 96.4 Å². The van der Waals surface area contributed by atoms with Crippen LogP contribution in [-0.4, -0.2) is 18.1 Å². The fourth-order valence-electron chi connectivity index (χ4n) is 2.04. The Balaban J connectivity index is 2.01. The number of hydrogen-bond donors (Lipinski definition) is 1. The van der Waals surface area contributed by atoms with Gasteiger partial charge in [0.25, 0.3) is 0 Å². The smallest absolute Gasteiger partial charge is 0.00225 e. The molecule has 0 atom stereocenters. The number of nitrogens with two attached hydrogens (primary N) is 1. The van der Waals surface area contributed by atoms with E-state index in [1.54, 1.807) is 11.1 Å². The highest BCUT2D eigenvalue weighted by Gasteiger charge is 2.21. The van der Waals surface area contributed by atoms with E-state index in [4.69, 9.17) is 5.73 Å². The van der Waals surface area contributed by atoms with Crippen LogP contribution in [-0.2, 0) is 6.42 Å². The summed E-state index contributed by atoms with van der Waals surface area (Å²) in [7, 11) is 0. The van der Waals surface area contributed by atoms with E-state index < -0.39 is 0 Å². The lowest BCUT2D eigenvalue weighted by Gasteiger charge is -2.27. The van der Waals surface area contributed by atoms with E-state index in [9.17, 15) is 0 Å². The van der Waals surface area contributed by atoms with Crippen LogP contribution in [0.2, 0.25) is 0 Å². The number of benzene rings is 1. The summed E-state index contributed by atoms with van der Waals surface area (Å²) in [5.74, 6) is 3.45. The molecule has 1 nitrogen and oxygen atoms in total. The maximum absolute atomic E-state index is 5.52. The van der Waals surface area contributed by atoms with Crippen LogP contribution in [0.5, 0.6) is 0 Å². The van der Waals surface area contributed by atoms with Crippen LogP contribution in [0.25, 0.3) is 0 Å². The van der Waals surface area contributed by atoms with Crippen LogP contribution < -0.4 is 5.73 Å². The van der Waals surface area contributed by atoms with Gasteiger partial charge in [0.1, 0.15) is 0 Å². The first-order chi connectivity index (χ1) is 7.42. The zero-order chi connectivity index (χ0) is 10.5. The minimum Gasteiger partial charge on any atom is -0.330 e. The van der Waals surface area contributed by atoms with Crippen molar-refractivity contribution in [2.75, 3.05) is 18.1 Å². The summed E-state index contributed by atoms with van der Waals surface area (Å²) < 4.78 is 0. The van der Waals surface area contributed by atoms with Gasteiger partial charge in [0, 0.05) is 17.4 Å². The third-order valence-corrected chi connectivity index (χ3v) is 4.31. The van der Waals surface area contributed by atoms with Gasteiger partial charge in [0.05, 0.1) is 0 Å². The lowest BCUT2D eigenvalue weighted by Crippen LogP contribution is -2.17. The topological polar surface area (TPSA) is 26.0 Å². The maximum atomic E-state index is 5.52. The van der Waals surface area contributed by atoms with Crippen LogP contribution in [0.1, 0.15) is 29.9 Å². The first-order valence-electron chi connectivity index (χ1n) is 5.77. The van der Waals surface area contributed by atoms with Crippen LogP contribution >= 0.6 is 11.8 Å². The second-order valence-corrected chi connectivity index (χ2v) is 5.25. The number of thioether (sulfide) groups is 1. The molecule has 1 aliphatic rings. The van der Waals surface area contributed by atoms with Gasteiger partial charge >= 0.3 is 0 Å². The summed E-state index contributed by atoms with van der Waals surface area (Å²) >= 11 is 2.06. The van der Waals surface area contributed by atoms with Gasteiger partial charge in [-0.2, -0.15) is 11.8 Å². The maximum Gasteiger partial charge on any atom is 0.00225 e. The lowest BCUT2D eigenvalue weighted by molar-refractivity contribution is 0.729. The molecule has 0 aliphatic carbocycles. The Morgan fingerprint density at radius 1 is 1.20 bits per heavy atom. The highest BCUT2D eigenvalue weighted by molar-refractivity contribution is 8.00. The summed E-state index contributed by atoms with van der Waals surface area (Å²) in [5, 5.41) is 0. The number of aryl methyl sites for hydroxylation is 1. The second-order valence-electron chi connectivity index (χ2n) is 4.18. The molecule has 0 saturated carbocycles. The van der Waals surface area contributed by atoms with Crippen molar-refractivity contribution in [2.24, 2.45) is 5.73 Å². The van der Waals surface area contributed by atoms with Crippen molar-refractivity contribution in [3.05, 3.63) is 35.4 Å². The Morgan fingerprint density at radius 2 is 2.00 bits per heavy atom. The Morgan fingerprint density at radius 3 is 2.67 bits per heavy atom.